The van der Waals surface area contributed by atoms with Gasteiger partial charge in [0.25, 0.3) is 0 Å². The van der Waals surface area contributed by atoms with Gasteiger partial charge in [0.1, 0.15) is 5.82 Å². The number of rotatable bonds is 2. The minimum Gasteiger partial charge on any atom is -0.355 e. The smallest absolute Gasteiger partial charge is 0.225 e. The van der Waals surface area contributed by atoms with Gasteiger partial charge in [-0.05, 0) is 31.1 Å². The molecule has 5 heteroatoms. The minimum atomic E-state index is 0.353. The normalized spacial score (nSPS) is 29.4. The maximum absolute atomic E-state index is 12.2. The van der Waals surface area contributed by atoms with Gasteiger partial charge in [-0.15, -0.1) is 0 Å². The number of hydrogen-bond donors (Lipinski definition) is 0. The van der Waals surface area contributed by atoms with Crippen LogP contribution in [0.15, 0.2) is 18.6 Å². The molecule has 3 fully saturated rings. The van der Waals surface area contributed by atoms with Gasteiger partial charge in [-0.1, -0.05) is 0 Å². The van der Waals surface area contributed by atoms with E-state index in [1.165, 1.54) is 0 Å². The van der Waals surface area contributed by atoms with Crippen molar-refractivity contribution in [2.45, 2.75) is 19.3 Å². The Bertz CT molecular complexity index is 502. The molecule has 2 atom stereocenters. The summed E-state index contributed by atoms with van der Waals surface area (Å²) in [4.78, 5) is 25.2. The predicted molar refractivity (Wildman–Crippen MR) is 75.1 cm³/mol. The van der Waals surface area contributed by atoms with E-state index in [9.17, 15) is 4.79 Å². The average molecular weight is 272 g/mol. The topological polar surface area (TPSA) is 49.3 Å². The molecular formula is C15H20N4O. The standard InChI is InChI=1S/C15H20N4O/c20-15(11-1-2-11)19-8-12-3-6-18(9-13(12)10-19)14-7-16-4-5-17-14/h4-5,7,11-13H,1-3,6,8-10H2/t12-,13+/m1/s1. The van der Waals surface area contributed by atoms with E-state index in [0.717, 1.165) is 51.3 Å². The predicted octanol–water partition coefficient (Wildman–Crippen LogP) is 1.17. The van der Waals surface area contributed by atoms with Gasteiger partial charge < -0.3 is 9.80 Å². The van der Waals surface area contributed by atoms with Crippen LogP contribution in [0, 0.1) is 17.8 Å². The summed E-state index contributed by atoms with van der Waals surface area (Å²) in [7, 11) is 0. The lowest BCUT2D eigenvalue weighted by molar-refractivity contribution is -0.131. The lowest BCUT2D eigenvalue weighted by atomic mass is 9.89. The van der Waals surface area contributed by atoms with E-state index in [1.54, 1.807) is 12.4 Å². The summed E-state index contributed by atoms with van der Waals surface area (Å²) in [6.07, 6.45) is 8.67. The van der Waals surface area contributed by atoms with Crippen LogP contribution in [-0.2, 0) is 4.79 Å². The molecule has 1 amide bonds. The number of aromatic nitrogens is 2. The second-order valence-electron chi connectivity index (χ2n) is 6.34. The maximum Gasteiger partial charge on any atom is 0.225 e. The molecule has 0 radical (unpaired) electrons. The number of piperidine rings is 1. The summed E-state index contributed by atoms with van der Waals surface area (Å²) >= 11 is 0. The fourth-order valence-electron chi connectivity index (χ4n) is 3.60. The number of anilines is 1. The molecule has 0 aromatic carbocycles. The van der Waals surface area contributed by atoms with E-state index in [2.05, 4.69) is 19.8 Å². The molecule has 106 valence electrons. The largest absolute Gasteiger partial charge is 0.355 e. The molecule has 4 rings (SSSR count). The lowest BCUT2D eigenvalue weighted by Crippen LogP contribution is -2.40. The summed E-state index contributed by atoms with van der Waals surface area (Å²) in [6, 6.07) is 0. The van der Waals surface area contributed by atoms with Crippen LogP contribution in [-0.4, -0.2) is 47.0 Å². The molecule has 0 N–H and O–H groups in total. The molecular weight excluding hydrogens is 252 g/mol. The first-order valence-corrected chi connectivity index (χ1v) is 7.61. The molecule has 3 heterocycles. The molecule has 1 aromatic rings. The van der Waals surface area contributed by atoms with Gasteiger partial charge in [-0.3, -0.25) is 9.78 Å². The number of nitrogens with zero attached hydrogens (tertiary/aromatic N) is 4. The molecule has 1 aromatic heterocycles. The molecule has 0 bridgehead atoms. The molecule has 20 heavy (non-hydrogen) atoms. The Labute approximate surface area is 119 Å². The second-order valence-corrected chi connectivity index (χ2v) is 6.34. The Kier molecular flexibility index (Phi) is 2.86. The van der Waals surface area contributed by atoms with E-state index in [4.69, 9.17) is 0 Å². The number of hydrogen-bond acceptors (Lipinski definition) is 4. The fourth-order valence-corrected chi connectivity index (χ4v) is 3.60. The van der Waals surface area contributed by atoms with E-state index in [-0.39, 0.29) is 0 Å². The molecule has 1 aliphatic carbocycles. The highest BCUT2D eigenvalue weighted by atomic mass is 16.2. The molecule has 5 nitrogen and oxygen atoms in total. The lowest BCUT2D eigenvalue weighted by Gasteiger charge is -2.34. The molecule has 0 spiro atoms. The molecule has 2 saturated heterocycles. The van der Waals surface area contributed by atoms with Crippen molar-refractivity contribution in [2.24, 2.45) is 17.8 Å². The molecule has 0 unspecified atom stereocenters. The van der Waals surface area contributed by atoms with Gasteiger partial charge in [0, 0.05) is 44.5 Å². The van der Waals surface area contributed by atoms with Gasteiger partial charge >= 0.3 is 0 Å². The fraction of sp³-hybridized carbons (Fsp3) is 0.667. The first-order valence-electron chi connectivity index (χ1n) is 7.61. The zero-order chi connectivity index (χ0) is 13.5. The second kappa shape index (κ2) is 4.72. The third-order valence-electron chi connectivity index (χ3n) is 4.91. The van der Waals surface area contributed by atoms with Crippen LogP contribution in [0.4, 0.5) is 5.82 Å². The van der Waals surface area contributed by atoms with Crippen LogP contribution < -0.4 is 4.90 Å². The number of carbonyl (C=O) groups is 1. The van der Waals surface area contributed by atoms with Crippen molar-refractivity contribution in [1.29, 1.82) is 0 Å². The zero-order valence-electron chi connectivity index (χ0n) is 11.6. The van der Waals surface area contributed by atoms with Gasteiger partial charge in [0.15, 0.2) is 0 Å². The third kappa shape index (κ3) is 2.15. The number of amides is 1. The Morgan fingerprint density at radius 3 is 2.70 bits per heavy atom. The third-order valence-corrected chi connectivity index (χ3v) is 4.91. The SMILES string of the molecule is O=C(C1CC1)N1C[C@H]2CCN(c3cnccn3)C[C@H]2C1. The van der Waals surface area contributed by atoms with Crippen molar-refractivity contribution < 1.29 is 4.79 Å². The van der Waals surface area contributed by atoms with E-state index >= 15 is 0 Å². The van der Waals surface area contributed by atoms with Gasteiger partial charge in [-0.2, -0.15) is 0 Å². The number of likely N-dealkylation sites (tertiary alicyclic amines) is 1. The van der Waals surface area contributed by atoms with Gasteiger partial charge in [-0.25, -0.2) is 4.98 Å². The van der Waals surface area contributed by atoms with Crippen LogP contribution in [0.25, 0.3) is 0 Å². The van der Waals surface area contributed by atoms with Crippen molar-refractivity contribution in [1.82, 2.24) is 14.9 Å². The Hall–Kier alpha value is -1.65. The van der Waals surface area contributed by atoms with E-state index in [0.29, 0.717) is 23.7 Å². The maximum atomic E-state index is 12.2. The summed E-state index contributed by atoms with van der Waals surface area (Å²) in [5, 5.41) is 0. The summed E-state index contributed by atoms with van der Waals surface area (Å²) in [5.74, 6) is 3.02. The zero-order valence-corrected chi connectivity index (χ0v) is 11.6. The summed E-state index contributed by atoms with van der Waals surface area (Å²) in [5.41, 5.74) is 0. The van der Waals surface area contributed by atoms with Crippen LogP contribution >= 0.6 is 0 Å². The van der Waals surface area contributed by atoms with Crippen molar-refractivity contribution in [2.75, 3.05) is 31.1 Å². The Balaban J connectivity index is 1.43. The van der Waals surface area contributed by atoms with Crippen LogP contribution in [0.5, 0.6) is 0 Å². The summed E-state index contributed by atoms with van der Waals surface area (Å²) in [6.45, 7) is 3.97. The van der Waals surface area contributed by atoms with E-state index in [1.807, 2.05) is 6.20 Å². The van der Waals surface area contributed by atoms with E-state index < -0.39 is 0 Å². The van der Waals surface area contributed by atoms with Crippen LogP contribution in [0.2, 0.25) is 0 Å². The van der Waals surface area contributed by atoms with Gasteiger partial charge in [0.05, 0.1) is 6.20 Å². The highest BCUT2D eigenvalue weighted by molar-refractivity contribution is 5.81. The van der Waals surface area contributed by atoms with Crippen molar-refractivity contribution in [3.05, 3.63) is 18.6 Å². The highest BCUT2D eigenvalue weighted by Gasteiger charge is 2.42. The first-order chi connectivity index (χ1) is 9.81. The van der Waals surface area contributed by atoms with Gasteiger partial charge in [0.2, 0.25) is 5.91 Å². The molecule has 3 aliphatic rings. The molecule has 2 aliphatic heterocycles. The van der Waals surface area contributed by atoms with Crippen molar-refractivity contribution >= 4 is 11.7 Å². The quantitative estimate of drug-likeness (QED) is 0.811. The number of carbonyl (C=O) groups excluding carboxylic acids is 1. The number of fused-ring (bicyclic) bond motifs is 1. The first kappa shape index (κ1) is 12.1. The highest BCUT2D eigenvalue weighted by Crippen LogP contribution is 2.37. The average Bonchev–Trinajstić information content (AvgIpc) is 3.25. The monoisotopic (exact) mass is 272 g/mol. The Morgan fingerprint density at radius 1 is 1.10 bits per heavy atom. The van der Waals surface area contributed by atoms with Crippen LogP contribution in [0.1, 0.15) is 19.3 Å². The van der Waals surface area contributed by atoms with Crippen LogP contribution in [0.3, 0.4) is 0 Å². The minimum absolute atomic E-state index is 0.353. The summed E-state index contributed by atoms with van der Waals surface area (Å²) < 4.78 is 0. The molecule has 1 saturated carbocycles. The van der Waals surface area contributed by atoms with Crippen molar-refractivity contribution in [3.8, 4) is 0 Å². The Morgan fingerprint density at radius 2 is 1.95 bits per heavy atom. The van der Waals surface area contributed by atoms with Crippen molar-refractivity contribution in [3.63, 3.8) is 0 Å².